The Morgan fingerprint density at radius 3 is 1.45 bits per heavy atom. The summed E-state index contributed by atoms with van der Waals surface area (Å²) in [4.78, 5) is 3.63. The predicted octanol–water partition coefficient (Wildman–Crippen LogP) is 15.8. The summed E-state index contributed by atoms with van der Waals surface area (Å²) in [5, 5.41) is 1.11. The lowest BCUT2D eigenvalue weighted by molar-refractivity contribution is 0.447. The zero-order valence-corrected chi connectivity index (χ0v) is 33.4. The Labute approximate surface area is 353 Å². The number of fused-ring (bicyclic) bond motifs is 11. The van der Waals surface area contributed by atoms with Gasteiger partial charge in [0.1, 0.15) is 5.75 Å². The molecule has 0 unspecified atom stereocenters. The van der Waals surface area contributed by atoms with Crippen molar-refractivity contribution >= 4 is 38.5 Å². The Morgan fingerprint density at radius 2 is 0.850 bits per heavy atom. The third-order valence-corrected chi connectivity index (χ3v) is 13.6. The maximum absolute atomic E-state index is 7.10. The summed E-state index contributed by atoms with van der Waals surface area (Å²) >= 11 is 1.85. The molecule has 9 aromatic carbocycles. The molecule has 0 radical (unpaired) electrons. The van der Waals surface area contributed by atoms with E-state index < -0.39 is 5.41 Å². The van der Waals surface area contributed by atoms with Crippen LogP contribution in [0, 0.1) is 0 Å². The summed E-state index contributed by atoms with van der Waals surface area (Å²) in [5.74, 6) is 1.84. The molecule has 0 N–H and O–H groups in total. The van der Waals surface area contributed by atoms with E-state index in [1.165, 1.54) is 59.6 Å². The molecule has 2 heterocycles. The van der Waals surface area contributed by atoms with Crippen molar-refractivity contribution in [1.82, 2.24) is 0 Å². The molecule has 2 nitrogen and oxygen atoms in total. The highest BCUT2D eigenvalue weighted by Crippen LogP contribution is 2.65. The maximum atomic E-state index is 7.10. The fraction of sp³-hybridized carbons (Fsp3) is 0.0175. The SMILES string of the molecule is c1ccc(-c2ccc(N(c3cc(-c4ccccc4)cc(-c4ccccc4)c3)c3ccc4sc5c(c4c3)Oc3ccccc3C53c4ccccc4-c4ccccc43)cc2)cc1. The van der Waals surface area contributed by atoms with Gasteiger partial charge in [-0.05, 0) is 110 Å². The van der Waals surface area contributed by atoms with Crippen molar-refractivity contribution in [3.05, 3.63) is 246 Å². The van der Waals surface area contributed by atoms with E-state index in [0.717, 1.165) is 45.1 Å². The molecule has 60 heavy (non-hydrogen) atoms. The molecule has 0 saturated carbocycles. The van der Waals surface area contributed by atoms with Crippen LogP contribution in [0.15, 0.2) is 224 Å². The molecule has 3 heteroatoms. The van der Waals surface area contributed by atoms with Gasteiger partial charge >= 0.3 is 0 Å². The zero-order chi connectivity index (χ0) is 39.6. The van der Waals surface area contributed by atoms with Crippen molar-refractivity contribution in [2.24, 2.45) is 0 Å². The lowest BCUT2D eigenvalue weighted by atomic mass is 9.69. The third kappa shape index (κ3) is 5.33. The van der Waals surface area contributed by atoms with Gasteiger partial charge in [-0.3, -0.25) is 0 Å². The van der Waals surface area contributed by atoms with Crippen molar-refractivity contribution in [1.29, 1.82) is 0 Å². The lowest BCUT2D eigenvalue weighted by Crippen LogP contribution is -2.30. The highest BCUT2D eigenvalue weighted by molar-refractivity contribution is 7.19. The predicted molar refractivity (Wildman–Crippen MR) is 250 cm³/mol. The second-order valence-corrected chi connectivity index (χ2v) is 16.7. The first-order valence-corrected chi connectivity index (χ1v) is 21.3. The van der Waals surface area contributed by atoms with Crippen molar-refractivity contribution in [2.45, 2.75) is 5.41 Å². The molecule has 282 valence electrons. The number of hydrogen-bond donors (Lipinski definition) is 0. The molecule has 1 aliphatic carbocycles. The van der Waals surface area contributed by atoms with Gasteiger partial charge in [-0.1, -0.05) is 170 Å². The van der Waals surface area contributed by atoms with Gasteiger partial charge < -0.3 is 9.64 Å². The van der Waals surface area contributed by atoms with Crippen LogP contribution in [0.2, 0.25) is 0 Å². The van der Waals surface area contributed by atoms with Gasteiger partial charge in [0.25, 0.3) is 0 Å². The number of nitrogens with zero attached hydrogens (tertiary/aromatic N) is 1. The van der Waals surface area contributed by atoms with Gasteiger partial charge in [-0.25, -0.2) is 0 Å². The van der Waals surface area contributed by atoms with Crippen LogP contribution in [0.1, 0.15) is 21.6 Å². The number of hydrogen-bond acceptors (Lipinski definition) is 3. The Kier molecular flexibility index (Phi) is 7.97. The molecule has 0 bridgehead atoms. The monoisotopic (exact) mass is 783 g/mol. The van der Waals surface area contributed by atoms with E-state index in [-0.39, 0.29) is 0 Å². The molecule has 10 aromatic rings. The number of thiophene rings is 1. The molecule has 0 amide bonds. The fourth-order valence-electron chi connectivity index (χ4n) is 9.63. The van der Waals surface area contributed by atoms with Crippen LogP contribution in [0.5, 0.6) is 11.5 Å². The fourth-order valence-corrected chi connectivity index (χ4v) is 11.0. The average Bonchev–Trinajstić information content (AvgIpc) is 3.84. The van der Waals surface area contributed by atoms with Crippen molar-refractivity contribution in [3.8, 4) is 56.0 Å². The number of benzene rings is 9. The van der Waals surface area contributed by atoms with Crippen LogP contribution < -0.4 is 9.64 Å². The number of rotatable bonds is 6. The third-order valence-electron chi connectivity index (χ3n) is 12.3. The first kappa shape index (κ1) is 34.6. The molecular formula is C57H37NOS. The van der Waals surface area contributed by atoms with E-state index in [1.54, 1.807) is 0 Å². The molecule has 1 aliphatic heterocycles. The second-order valence-electron chi connectivity index (χ2n) is 15.6. The van der Waals surface area contributed by atoms with Crippen LogP contribution in [-0.4, -0.2) is 0 Å². The van der Waals surface area contributed by atoms with E-state index in [2.05, 4.69) is 229 Å². The number of anilines is 3. The number of para-hydroxylation sites is 1. The Morgan fingerprint density at radius 1 is 0.367 bits per heavy atom. The molecule has 12 rings (SSSR count). The quantitative estimate of drug-likeness (QED) is 0.167. The summed E-state index contributed by atoms with van der Waals surface area (Å²) in [5.41, 5.74) is 16.1. The Bertz CT molecular complexity index is 3120. The summed E-state index contributed by atoms with van der Waals surface area (Å²) in [6, 6.07) is 81.4. The molecule has 1 aromatic heterocycles. The van der Waals surface area contributed by atoms with Gasteiger partial charge in [0.15, 0.2) is 5.75 Å². The summed E-state index contributed by atoms with van der Waals surface area (Å²) in [6.07, 6.45) is 0. The molecule has 0 saturated heterocycles. The van der Waals surface area contributed by atoms with Crippen LogP contribution >= 0.6 is 11.3 Å². The first-order chi connectivity index (χ1) is 29.7. The number of ether oxygens (including phenoxy) is 1. The van der Waals surface area contributed by atoms with Crippen LogP contribution in [0.3, 0.4) is 0 Å². The van der Waals surface area contributed by atoms with Crippen molar-refractivity contribution < 1.29 is 4.74 Å². The van der Waals surface area contributed by atoms with E-state index in [4.69, 9.17) is 4.74 Å². The molecule has 0 fully saturated rings. The first-order valence-electron chi connectivity index (χ1n) is 20.5. The Balaban J connectivity index is 1.10. The molecule has 2 aliphatic rings. The molecule has 1 spiro atoms. The minimum Gasteiger partial charge on any atom is -0.455 e. The van der Waals surface area contributed by atoms with Gasteiger partial charge in [-0.15, -0.1) is 11.3 Å². The second kappa shape index (κ2) is 13.8. The molecule has 0 atom stereocenters. The zero-order valence-electron chi connectivity index (χ0n) is 32.6. The van der Waals surface area contributed by atoms with Crippen molar-refractivity contribution in [2.75, 3.05) is 4.90 Å². The largest absolute Gasteiger partial charge is 0.455 e. The maximum Gasteiger partial charge on any atom is 0.150 e. The summed E-state index contributed by atoms with van der Waals surface area (Å²) < 4.78 is 8.30. The van der Waals surface area contributed by atoms with Gasteiger partial charge in [0.2, 0.25) is 0 Å². The molecular weight excluding hydrogens is 747 g/mol. The van der Waals surface area contributed by atoms with E-state index in [1.807, 2.05) is 11.3 Å². The van der Waals surface area contributed by atoms with Gasteiger partial charge in [-0.2, -0.15) is 0 Å². The van der Waals surface area contributed by atoms with Crippen LogP contribution in [0.25, 0.3) is 54.6 Å². The Hall–Kier alpha value is -7.46. The van der Waals surface area contributed by atoms with E-state index in [9.17, 15) is 0 Å². The minimum absolute atomic E-state index is 0.497. The van der Waals surface area contributed by atoms with Gasteiger partial charge in [0.05, 0.1) is 10.3 Å². The minimum atomic E-state index is -0.497. The van der Waals surface area contributed by atoms with E-state index in [0.29, 0.717) is 0 Å². The normalized spacial score (nSPS) is 12.9. The van der Waals surface area contributed by atoms with Crippen LogP contribution in [0.4, 0.5) is 17.1 Å². The summed E-state index contributed by atoms with van der Waals surface area (Å²) in [7, 11) is 0. The van der Waals surface area contributed by atoms with E-state index >= 15 is 0 Å². The van der Waals surface area contributed by atoms with Gasteiger partial charge in [0, 0.05) is 32.7 Å². The standard InChI is InChI=1S/C57H37NOS/c1-4-16-38(17-5-1)41-28-30-44(31-29-41)58(46-35-42(39-18-6-2-7-19-39)34-43(36-46)40-20-8-3-9-21-40)45-32-33-54-49(37-45)55-56(60-54)57(52-26-14-15-27-53(52)59-55)50-24-12-10-22-47(50)48-23-11-13-25-51(48)57/h1-37H. The smallest absolute Gasteiger partial charge is 0.150 e. The van der Waals surface area contributed by atoms with Crippen LogP contribution in [-0.2, 0) is 5.41 Å². The topological polar surface area (TPSA) is 12.5 Å². The highest BCUT2D eigenvalue weighted by Gasteiger charge is 2.52. The highest BCUT2D eigenvalue weighted by atomic mass is 32.1. The summed E-state index contributed by atoms with van der Waals surface area (Å²) in [6.45, 7) is 0. The lowest BCUT2D eigenvalue weighted by Gasteiger charge is -2.37. The average molecular weight is 784 g/mol. The van der Waals surface area contributed by atoms with Crippen molar-refractivity contribution in [3.63, 3.8) is 0 Å².